The minimum Gasteiger partial charge on any atom is -0.342 e. The second kappa shape index (κ2) is 9.60. The fourth-order valence-corrected chi connectivity index (χ4v) is 5.64. The van der Waals surface area contributed by atoms with E-state index in [9.17, 15) is 19.7 Å². The molecular weight excluding hydrogens is 518 g/mol. The molecule has 0 aliphatic carbocycles. The number of hydrogen-bond donors (Lipinski definition) is 1. The number of aliphatic imine (C=N–C) groups is 1. The van der Waals surface area contributed by atoms with E-state index in [1.54, 1.807) is 17.0 Å². The molecule has 0 saturated carbocycles. The molecule has 11 nitrogen and oxygen atoms in total. The molecular formula is C24H22ClN7O4S. The molecule has 1 saturated heterocycles. The quantitative estimate of drug-likeness (QED) is 0.342. The summed E-state index contributed by atoms with van der Waals surface area (Å²) in [6, 6.07) is 6.37. The van der Waals surface area contributed by atoms with Crippen LogP contribution in [0.25, 0.3) is 11.8 Å². The van der Waals surface area contributed by atoms with Crippen molar-refractivity contribution in [2.45, 2.75) is 33.1 Å². The van der Waals surface area contributed by atoms with Gasteiger partial charge in [0.2, 0.25) is 11.1 Å². The second-order valence-corrected chi connectivity index (χ2v) is 10.3. The zero-order chi connectivity index (χ0) is 26.4. The van der Waals surface area contributed by atoms with E-state index in [2.05, 4.69) is 10.1 Å². The first-order chi connectivity index (χ1) is 17.6. The Morgan fingerprint density at radius 1 is 1.27 bits per heavy atom. The summed E-state index contributed by atoms with van der Waals surface area (Å²) in [4.78, 5) is 42.1. The average molecular weight is 540 g/mol. The van der Waals surface area contributed by atoms with Crippen molar-refractivity contribution in [3.63, 3.8) is 0 Å². The summed E-state index contributed by atoms with van der Waals surface area (Å²) in [6.45, 7) is 5.14. The molecule has 1 N–H and O–H groups in total. The molecule has 2 aromatic rings. The van der Waals surface area contributed by atoms with Gasteiger partial charge in [0.25, 0.3) is 11.6 Å². The van der Waals surface area contributed by atoms with E-state index in [4.69, 9.17) is 17.0 Å². The molecule has 2 amide bonds. The number of carbonyl (C=O) groups excluding carboxylic acids is 2. The Balaban J connectivity index is 1.43. The van der Waals surface area contributed by atoms with Crippen LogP contribution in [0, 0.1) is 29.4 Å². The van der Waals surface area contributed by atoms with Gasteiger partial charge in [-0.3, -0.25) is 25.1 Å². The Labute approximate surface area is 221 Å². The number of aryl methyl sites for hydroxylation is 1. The van der Waals surface area contributed by atoms with Crippen molar-refractivity contribution in [3.05, 3.63) is 61.9 Å². The van der Waals surface area contributed by atoms with E-state index in [-0.39, 0.29) is 39.6 Å². The number of thioether (sulfide) groups is 1. The number of amides is 2. The highest BCUT2D eigenvalue weighted by Crippen LogP contribution is 2.32. The van der Waals surface area contributed by atoms with Gasteiger partial charge in [0.05, 0.1) is 22.6 Å². The Morgan fingerprint density at radius 3 is 2.70 bits per heavy atom. The van der Waals surface area contributed by atoms with Crippen molar-refractivity contribution in [1.29, 1.82) is 5.41 Å². The predicted molar refractivity (Wildman–Crippen MR) is 142 cm³/mol. The smallest absolute Gasteiger partial charge is 0.289 e. The van der Waals surface area contributed by atoms with Crippen molar-refractivity contribution in [1.82, 2.24) is 14.5 Å². The number of fused-ring (bicyclic) bond motifs is 1. The van der Waals surface area contributed by atoms with Crippen molar-refractivity contribution < 1.29 is 14.5 Å². The van der Waals surface area contributed by atoms with Crippen molar-refractivity contribution in [2.75, 3.05) is 13.1 Å². The molecule has 0 unspecified atom stereocenters. The van der Waals surface area contributed by atoms with Crippen molar-refractivity contribution >= 4 is 63.0 Å². The molecule has 13 heteroatoms. The Bertz CT molecular complexity index is 1470. The number of carbonyl (C=O) groups is 2. The summed E-state index contributed by atoms with van der Waals surface area (Å²) in [5, 5.41) is 26.4. The van der Waals surface area contributed by atoms with Gasteiger partial charge in [-0.05, 0) is 68.3 Å². The topological polar surface area (TPSA) is 137 Å². The van der Waals surface area contributed by atoms with Gasteiger partial charge >= 0.3 is 0 Å². The average Bonchev–Trinajstić information content (AvgIpc) is 3.57. The number of hydrogen-bond acceptors (Lipinski definition) is 7. The first-order valence-electron chi connectivity index (χ1n) is 11.5. The van der Waals surface area contributed by atoms with E-state index in [0.29, 0.717) is 22.0 Å². The van der Waals surface area contributed by atoms with Crippen LogP contribution in [0.2, 0.25) is 5.02 Å². The molecule has 3 aliphatic heterocycles. The summed E-state index contributed by atoms with van der Waals surface area (Å²) in [5.41, 5.74) is 2.55. The van der Waals surface area contributed by atoms with Crippen LogP contribution < -0.4 is 0 Å². The number of rotatable bonds is 5. The standard InChI is InChI=1S/C24H22ClN7O4S/c1-13-9-15(14(2)30(13)16-5-6-18(25)19(11-16)32(35)36)10-17-22(26)31-24(27-23(17)34)37-20(28-31)12-21(33)29-7-3-4-8-29/h5-6,9-11,26H,3-4,7-8,12H2,1-2H3/b17-10-,26-22?. The van der Waals surface area contributed by atoms with E-state index in [1.807, 2.05) is 24.5 Å². The predicted octanol–water partition coefficient (Wildman–Crippen LogP) is 4.29. The van der Waals surface area contributed by atoms with Crippen LogP contribution in [-0.2, 0) is 9.59 Å². The van der Waals surface area contributed by atoms with E-state index in [0.717, 1.165) is 43.4 Å². The molecule has 3 aliphatic rings. The first-order valence-corrected chi connectivity index (χ1v) is 12.7. The third-order valence-corrected chi connectivity index (χ3v) is 7.64. The highest BCUT2D eigenvalue weighted by atomic mass is 35.5. The molecule has 0 bridgehead atoms. The Hall–Kier alpha value is -3.77. The lowest BCUT2D eigenvalue weighted by Crippen LogP contribution is -2.35. The maximum Gasteiger partial charge on any atom is 0.289 e. The Morgan fingerprint density at radius 2 is 2.00 bits per heavy atom. The summed E-state index contributed by atoms with van der Waals surface area (Å²) < 4.78 is 1.81. The lowest BCUT2D eigenvalue weighted by Gasteiger charge is -2.20. The van der Waals surface area contributed by atoms with Gasteiger partial charge in [-0.15, -0.1) is 0 Å². The molecule has 5 rings (SSSR count). The zero-order valence-electron chi connectivity index (χ0n) is 20.0. The highest BCUT2D eigenvalue weighted by Gasteiger charge is 2.37. The molecule has 1 aromatic carbocycles. The number of aromatic nitrogens is 1. The minimum atomic E-state index is -0.571. The van der Waals surface area contributed by atoms with Crippen molar-refractivity contribution in [3.8, 4) is 5.69 Å². The molecule has 0 radical (unpaired) electrons. The van der Waals surface area contributed by atoms with E-state index in [1.165, 1.54) is 17.1 Å². The normalized spacial score (nSPS) is 18.4. The number of nitrogens with one attached hydrogen (secondary N) is 1. The fraction of sp³-hybridized carbons (Fsp3) is 0.292. The number of halogens is 1. The van der Waals surface area contributed by atoms with Crippen LogP contribution in [-0.4, -0.2) is 60.4 Å². The third-order valence-electron chi connectivity index (χ3n) is 6.41. The van der Waals surface area contributed by atoms with E-state index < -0.39 is 10.8 Å². The maximum atomic E-state index is 12.9. The molecule has 1 aromatic heterocycles. The third kappa shape index (κ3) is 4.58. The van der Waals surface area contributed by atoms with Crippen LogP contribution in [0.1, 0.15) is 36.2 Å². The van der Waals surface area contributed by atoms with Gasteiger partial charge in [-0.25, -0.2) is 0 Å². The summed E-state index contributed by atoms with van der Waals surface area (Å²) >= 11 is 7.10. The van der Waals surface area contributed by atoms with Gasteiger partial charge in [0.1, 0.15) is 10.1 Å². The second-order valence-electron chi connectivity index (χ2n) is 8.83. The number of benzene rings is 1. The largest absolute Gasteiger partial charge is 0.342 e. The lowest BCUT2D eigenvalue weighted by atomic mass is 10.1. The van der Waals surface area contributed by atoms with Gasteiger partial charge in [0.15, 0.2) is 5.84 Å². The lowest BCUT2D eigenvalue weighted by molar-refractivity contribution is -0.384. The number of hydrazone groups is 1. The number of amidine groups is 2. The molecule has 4 heterocycles. The summed E-state index contributed by atoms with van der Waals surface area (Å²) in [7, 11) is 0. The van der Waals surface area contributed by atoms with Crippen LogP contribution in [0.4, 0.5) is 5.69 Å². The molecule has 0 spiro atoms. The van der Waals surface area contributed by atoms with Crippen molar-refractivity contribution in [2.24, 2.45) is 10.1 Å². The van der Waals surface area contributed by atoms with Crippen LogP contribution >= 0.6 is 23.4 Å². The van der Waals surface area contributed by atoms with Crippen LogP contribution in [0.5, 0.6) is 0 Å². The summed E-state index contributed by atoms with van der Waals surface area (Å²) in [5.74, 6) is -0.719. The molecule has 37 heavy (non-hydrogen) atoms. The summed E-state index contributed by atoms with van der Waals surface area (Å²) in [6.07, 6.45) is 3.66. The molecule has 1 fully saturated rings. The Kier molecular flexibility index (Phi) is 6.46. The molecule has 0 atom stereocenters. The fourth-order valence-electron chi connectivity index (χ4n) is 4.58. The minimum absolute atomic E-state index is 0.0207. The maximum absolute atomic E-state index is 12.9. The zero-order valence-corrected chi connectivity index (χ0v) is 21.6. The van der Waals surface area contributed by atoms with Gasteiger partial charge in [0, 0.05) is 30.5 Å². The van der Waals surface area contributed by atoms with E-state index >= 15 is 0 Å². The molecule has 190 valence electrons. The number of nitro benzene ring substituents is 1. The number of nitro groups is 1. The van der Waals surface area contributed by atoms with Gasteiger partial charge in [-0.1, -0.05) is 11.6 Å². The van der Waals surface area contributed by atoms with Gasteiger partial charge < -0.3 is 9.47 Å². The highest BCUT2D eigenvalue weighted by molar-refractivity contribution is 8.27. The SMILES string of the molecule is Cc1cc(/C=C2/C(=N)N3N=C(CC(=O)N4CCCC4)SC3=NC2=O)c(C)n1-c1ccc(Cl)c([N+](=O)[O-])c1. The first kappa shape index (κ1) is 24.9. The number of nitrogens with zero attached hydrogens (tertiary/aromatic N) is 6. The van der Waals surface area contributed by atoms with Crippen LogP contribution in [0.3, 0.4) is 0 Å². The van der Waals surface area contributed by atoms with Gasteiger partial charge in [-0.2, -0.15) is 15.1 Å². The monoisotopic (exact) mass is 539 g/mol. The van der Waals surface area contributed by atoms with Crippen LogP contribution in [0.15, 0.2) is 39.9 Å². The number of likely N-dealkylation sites (tertiary alicyclic amines) is 1.